The molecule has 44 heavy (non-hydrogen) atoms. The summed E-state index contributed by atoms with van der Waals surface area (Å²) in [7, 11) is 6.73. The molecule has 1 saturated carbocycles. The zero-order valence-electron chi connectivity index (χ0n) is 25.8. The quantitative estimate of drug-likeness (QED) is 0.277. The molecule has 0 saturated heterocycles. The molecule has 5 rings (SSSR count). The number of rotatable bonds is 7. The van der Waals surface area contributed by atoms with Crippen molar-refractivity contribution < 1.29 is 34.8 Å². The fraction of sp³-hybridized carbons (Fsp3) is 0.424. The van der Waals surface area contributed by atoms with Crippen LogP contribution in [0.2, 0.25) is 0 Å². The first-order chi connectivity index (χ1) is 20.6. The number of phenolic OH excluding ortho intramolecular Hbond substituents is 1. The number of amides is 1. The predicted octanol–water partition coefficient (Wildman–Crippen LogP) is 2.79. The van der Waals surface area contributed by atoms with E-state index in [0.29, 0.717) is 23.4 Å². The first-order valence-electron chi connectivity index (χ1n) is 14.5. The number of likely N-dealkylation sites (N-methyl/N-ethyl adjacent to an activating group) is 1. The second-order valence-electron chi connectivity index (χ2n) is 12.7. The number of primary amides is 1. The number of ketones is 1. The molecule has 0 aromatic heterocycles. The Hall–Kier alpha value is -4.19. The van der Waals surface area contributed by atoms with E-state index in [1.807, 2.05) is 25.2 Å². The fourth-order valence-corrected chi connectivity index (χ4v) is 7.30. The third-order valence-electron chi connectivity index (χ3n) is 9.85. The Balaban J connectivity index is 1.61. The van der Waals surface area contributed by atoms with E-state index in [1.165, 1.54) is 13.2 Å². The number of hydrogen-bond acceptors (Lipinski definition) is 10. The van der Waals surface area contributed by atoms with Gasteiger partial charge in [0, 0.05) is 34.7 Å². The number of phenols is 1. The van der Waals surface area contributed by atoms with Gasteiger partial charge >= 0.3 is 0 Å². The van der Waals surface area contributed by atoms with Crippen LogP contribution in [-0.4, -0.2) is 87.5 Å². The van der Waals surface area contributed by atoms with E-state index in [1.54, 1.807) is 19.0 Å². The zero-order valence-corrected chi connectivity index (χ0v) is 25.8. The van der Waals surface area contributed by atoms with Crippen LogP contribution in [0.25, 0.3) is 5.76 Å². The van der Waals surface area contributed by atoms with Gasteiger partial charge in [-0.05, 0) is 65.4 Å². The standard InChI is InChI=1S/C33H40N4O7/c1-32(2,18-10-8-7-9-11-18)37(5)15-17-14-21(38)23-19(28(17)44-6)12-16-13-20-25(36(3)4)27(40)24(31(35)42)29(34)33(20,43)30(41)22(16)26(23)39/h7-11,14,16,20,25,34,38-40,43H,12-13,15H2,1-6H3,(H2,35,42)/t16-,20-,25-,33+/m0/s1. The molecule has 0 aliphatic heterocycles. The number of carbonyl (C=O) groups is 2. The van der Waals surface area contributed by atoms with Crippen LogP contribution in [0.1, 0.15) is 42.5 Å². The lowest BCUT2D eigenvalue weighted by molar-refractivity contribution is -0.138. The van der Waals surface area contributed by atoms with Crippen molar-refractivity contribution in [2.45, 2.75) is 50.4 Å². The molecule has 0 radical (unpaired) electrons. The summed E-state index contributed by atoms with van der Waals surface area (Å²) in [5.41, 5.74) is 3.32. The number of hydrogen-bond donors (Lipinski definition) is 6. The van der Waals surface area contributed by atoms with Gasteiger partial charge < -0.3 is 36.3 Å². The highest BCUT2D eigenvalue weighted by Crippen LogP contribution is 2.53. The topological polar surface area (TPSA) is 181 Å². The molecule has 2 aromatic rings. The molecule has 11 nitrogen and oxygen atoms in total. The summed E-state index contributed by atoms with van der Waals surface area (Å²) in [6.45, 7) is 4.59. The number of carbonyl (C=O) groups excluding carboxylic acids is 2. The van der Waals surface area contributed by atoms with Gasteiger partial charge in [-0.2, -0.15) is 0 Å². The van der Waals surface area contributed by atoms with Gasteiger partial charge in [0.2, 0.25) is 5.78 Å². The number of aromatic hydroxyl groups is 1. The van der Waals surface area contributed by atoms with Gasteiger partial charge in [0.1, 0.15) is 28.6 Å². The Kier molecular flexibility index (Phi) is 7.64. The number of methoxy groups -OCH3 is 1. The lowest BCUT2D eigenvalue weighted by Gasteiger charge is -2.51. The van der Waals surface area contributed by atoms with E-state index in [4.69, 9.17) is 15.9 Å². The summed E-state index contributed by atoms with van der Waals surface area (Å²) >= 11 is 0. The molecule has 0 unspecified atom stereocenters. The molecule has 4 atom stereocenters. The summed E-state index contributed by atoms with van der Waals surface area (Å²) in [6.07, 6.45) is 0.265. The zero-order chi connectivity index (χ0) is 32.5. The second-order valence-corrected chi connectivity index (χ2v) is 12.7. The number of nitrogens with one attached hydrogen (secondary N) is 1. The normalized spacial score (nSPS) is 25.2. The number of benzene rings is 2. The number of aliphatic hydroxyl groups excluding tert-OH is 2. The van der Waals surface area contributed by atoms with Crippen LogP contribution in [0.4, 0.5) is 0 Å². The van der Waals surface area contributed by atoms with E-state index in [0.717, 1.165) is 5.56 Å². The number of ether oxygens (including phenoxy) is 1. The predicted molar refractivity (Wildman–Crippen MR) is 164 cm³/mol. The third kappa shape index (κ3) is 4.41. The van der Waals surface area contributed by atoms with Crippen LogP contribution in [0.15, 0.2) is 53.3 Å². The van der Waals surface area contributed by atoms with E-state index >= 15 is 0 Å². The largest absolute Gasteiger partial charge is 0.510 e. The summed E-state index contributed by atoms with van der Waals surface area (Å²) in [5, 5.41) is 54.4. The molecular formula is C33H40N4O7. The van der Waals surface area contributed by atoms with Gasteiger partial charge in [0.15, 0.2) is 5.60 Å². The van der Waals surface area contributed by atoms with Crippen molar-refractivity contribution in [1.29, 1.82) is 5.41 Å². The van der Waals surface area contributed by atoms with Crippen LogP contribution < -0.4 is 10.5 Å². The number of Topliss-reactive ketones (excluding diaryl/α,β-unsaturated/α-hetero) is 1. The highest BCUT2D eigenvalue weighted by atomic mass is 16.5. The minimum Gasteiger partial charge on any atom is -0.510 e. The average molecular weight is 605 g/mol. The average Bonchev–Trinajstić information content (AvgIpc) is 2.95. The highest BCUT2D eigenvalue weighted by Gasteiger charge is 2.63. The van der Waals surface area contributed by atoms with Crippen molar-refractivity contribution in [3.8, 4) is 11.5 Å². The monoisotopic (exact) mass is 604 g/mol. The first-order valence-corrected chi connectivity index (χ1v) is 14.5. The summed E-state index contributed by atoms with van der Waals surface area (Å²) in [4.78, 5) is 30.1. The Bertz CT molecular complexity index is 1630. The van der Waals surface area contributed by atoms with Crippen molar-refractivity contribution in [2.24, 2.45) is 17.6 Å². The number of nitrogens with zero attached hydrogens (tertiary/aromatic N) is 2. The maximum absolute atomic E-state index is 14.1. The molecule has 0 spiro atoms. The number of aliphatic hydroxyl groups is 3. The summed E-state index contributed by atoms with van der Waals surface area (Å²) < 4.78 is 5.89. The maximum Gasteiger partial charge on any atom is 0.254 e. The third-order valence-corrected chi connectivity index (χ3v) is 9.85. The van der Waals surface area contributed by atoms with Gasteiger partial charge in [-0.1, -0.05) is 30.3 Å². The maximum atomic E-state index is 14.1. The Morgan fingerprint density at radius 2 is 1.80 bits per heavy atom. The lowest BCUT2D eigenvalue weighted by atomic mass is 9.56. The fourth-order valence-electron chi connectivity index (χ4n) is 7.30. The van der Waals surface area contributed by atoms with Gasteiger partial charge in [-0.25, -0.2) is 0 Å². The molecular weight excluding hydrogens is 564 g/mol. The molecule has 3 aliphatic rings. The summed E-state index contributed by atoms with van der Waals surface area (Å²) in [6, 6.07) is 10.5. The van der Waals surface area contributed by atoms with Crippen LogP contribution >= 0.6 is 0 Å². The van der Waals surface area contributed by atoms with Gasteiger partial charge in [0.25, 0.3) is 5.91 Å². The van der Waals surface area contributed by atoms with Crippen molar-refractivity contribution in [1.82, 2.24) is 9.80 Å². The molecule has 7 N–H and O–H groups in total. The molecule has 0 bridgehead atoms. The number of nitrogens with two attached hydrogens (primary N) is 1. The lowest BCUT2D eigenvalue weighted by Crippen LogP contribution is -2.67. The van der Waals surface area contributed by atoms with E-state index in [-0.39, 0.29) is 35.3 Å². The Labute approximate surface area is 256 Å². The smallest absolute Gasteiger partial charge is 0.254 e. The van der Waals surface area contributed by atoms with Crippen LogP contribution in [0, 0.1) is 17.2 Å². The molecule has 1 fully saturated rings. The van der Waals surface area contributed by atoms with Crippen molar-refractivity contribution in [3.05, 3.63) is 75.6 Å². The molecule has 234 valence electrons. The van der Waals surface area contributed by atoms with E-state index in [9.17, 15) is 30.0 Å². The van der Waals surface area contributed by atoms with Crippen molar-refractivity contribution in [2.75, 3.05) is 28.3 Å². The Morgan fingerprint density at radius 3 is 2.36 bits per heavy atom. The molecule has 11 heteroatoms. The Morgan fingerprint density at radius 1 is 1.16 bits per heavy atom. The molecule has 0 heterocycles. The summed E-state index contributed by atoms with van der Waals surface area (Å²) in [5.74, 6) is -4.56. The molecule has 1 amide bonds. The molecule has 3 aliphatic carbocycles. The molecule has 2 aromatic carbocycles. The van der Waals surface area contributed by atoms with E-state index < -0.39 is 58.0 Å². The van der Waals surface area contributed by atoms with E-state index in [2.05, 4.69) is 30.9 Å². The number of fused-ring (bicyclic) bond motifs is 3. The van der Waals surface area contributed by atoms with Crippen LogP contribution in [0.5, 0.6) is 11.5 Å². The van der Waals surface area contributed by atoms with Crippen LogP contribution in [0.3, 0.4) is 0 Å². The second kappa shape index (κ2) is 10.8. The first kappa shape index (κ1) is 31.2. The van der Waals surface area contributed by atoms with Gasteiger partial charge in [-0.15, -0.1) is 0 Å². The van der Waals surface area contributed by atoms with Gasteiger partial charge in [-0.3, -0.25) is 19.4 Å². The minimum atomic E-state index is -2.53. The van der Waals surface area contributed by atoms with Crippen molar-refractivity contribution in [3.63, 3.8) is 0 Å². The van der Waals surface area contributed by atoms with Crippen LogP contribution in [-0.2, 0) is 28.1 Å². The minimum absolute atomic E-state index is 0.0252. The van der Waals surface area contributed by atoms with Gasteiger partial charge in [0.05, 0.1) is 24.4 Å². The SMILES string of the molecule is COc1c(CN(C)C(C)(C)c2ccccc2)cc(O)c2c1C[C@H]1C[C@H]3[C@H](N(C)C)C(O)=C(C(N)=O)C(=N)[C@@]3(O)C(=O)C1=C2O. The van der Waals surface area contributed by atoms with Crippen molar-refractivity contribution >= 4 is 23.2 Å². The highest BCUT2D eigenvalue weighted by molar-refractivity contribution is 6.33.